The van der Waals surface area contributed by atoms with Gasteiger partial charge in [0.05, 0.1) is 17.1 Å². The third kappa shape index (κ3) is 2.84. The molecule has 0 fully saturated rings. The van der Waals surface area contributed by atoms with Crippen molar-refractivity contribution in [2.75, 3.05) is 5.73 Å². The maximum Gasteiger partial charge on any atom is 0.185 e. The zero-order valence-electron chi connectivity index (χ0n) is 10.9. The van der Waals surface area contributed by atoms with Crippen molar-refractivity contribution in [3.63, 3.8) is 0 Å². The number of hydrogen-bond acceptors (Lipinski definition) is 4. The standard InChI is InChI=1S/C14H11Cl2N5/c15-10-6-4-9(5-7-10)8-21-14(18-19-20-21)13-11(16)2-1-3-12(13)17/h1-7H,8,17H2. The maximum absolute atomic E-state index is 6.21. The second kappa shape index (κ2) is 5.71. The van der Waals surface area contributed by atoms with Crippen LogP contribution in [0.1, 0.15) is 5.56 Å². The minimum absolute atomic E-state index is 0.504. The van der Waals surface area contributed by atoms with Crippen LogP contribution < -0.4 is 5.73 Å². The molecule has 0 unspecified atom stereocenters. The zero-order chi connectivity index (χ0) is 14.8. The normalized spacial score (nSPS) is 10.8. The van der Waals surface area contributed by atoms with Crippen molar-refractivity contribution < 1.29 is 0 Å². The van der Waals surface area contributed by atoms with Gasteiger partial charge in [0.25, 0.3) is 0 Å². The quantitative estimate of drug-likeness (QED) is 0.752. The zero-order valence-corrected chi connectivity index (χ0v) is 12.4. The highest BCUT2D eigenvalue weighted by atomic mass is 35.5. The molecule has 0 atom stereocenters. The first-order chi connectivity index (χ1) is 10.1. The fourth-order valence-corrected chi connectivity index (χ4v) is 2.42. The second-order valence-electron chi connectivity index (χ2n) is 4.49. The molecule has 106 valence electrons. The van der Waals surface area contributed by atoms with Gasteiger partial charge in [0.15, 0.2) is 5.82 Å². The van der Waals surface area contributed by atoms with Gasteiger partial charge in [-0.3, -0.25) is 0 Å². The van der Waals surface area contributed by atoms with Crippen molar-refractivity contribution in [3.8, 4) is 11.4 Å². The molecule has 21 heavy (non-hydrogen) atoms. The predicted octanol–water partition coefficient (Wildman–Crippen LogP) is 3.28. The van der Waals surface area contributed by atoms with Crippen LogP contribution in [0.2, 0.25) is 10.0 Å². The van der Waals surface area contributed by atoms with Gasteiger partial charge in [0.2, 0.25) is 0 Å². The molecule has 0 saturated carbocycles. The van der Waals surface area contributed by atoms with Gasteiger partial charge in [-0.05, 0) is 40.3 Å². The third-order valence-electron chi connectivity index (χ3n) is 3.05. The van der Waals surface area contributed by atoms with Gasteiger partial charge in [-0.1, -0.05) is 41.4 Å². The number of benzene rings is 2. The number of nitrogens with two attached hydrogens (primary N) is 1. The summed E-state index contributed by atoms with van der Waals surface area (Å²) in [5.41, 5.74) is 8.18. The second-order valence-corrected chi connectivity index (χ2v) is 5.33. The number of tetrazole rings is 1. The van der Waals surface area contributed by atoms with E-state index in [4.69, 9.17) is 28.9 Å². The Bertz CT molecular complexity index is 747. The summed E-state index contributed by atoms with van der Waals surface area (Å²) < 4.78 is 1.65. The van der Waals surface area contributed by atoms with E-state index < -0.39 is 0 Å². The van der Waals surface area contributed by atoms with Gasteiger partial charge in [-0.15, -0.1) is 5.10 Å². The Hall–Kier alpha value is -2.11. The first-order valence-electron chi connectivity index (χ1n) is 6.20. The molecule has 0 aliphatic rings. The highest BCUT2D eigenvalue weighted by Crippen LogP contribution is 2.31. The Kier molecular flexibility index (Phi) is 3.77. The Balaban J connectivity index is 2.00. The fraction of sp³-hybridized carbons (Fsp3) is 0.0714. The molecule has 5 nitrogen and oxygen atoms in total. The highest BCUT2D eigenvalue weighted by molar-refractivity contribution is 6.33. The average Bonchev–Trinajstić information content (AvgIpc) is 2.89. The molecule has 0 radical (unpaired) electrons. The van der Waals surface area contributed by atoms with E-state index in [1.807, 2.05) is 24.3 Å². The summed E-state index contributed by atoms with van der Waals surface area (Å²) >= 11 is 12.1. The van der Waals surface area contributed by atoms with Gasteiger partial charge < -0.3 is 5.73 Å². The van der Waals surface area contributed by atoms with Crippen LogP contribution in [-0.4, -0.2) is 20.2 Å². The minimum atomic E-state index is 0.504. The van der Waals surface area contributed by atoms with Crippen LogP contribution in [0.4, 0.5) is 5.69 Å². The molecule has 0 aliphatic heterocycles. The molecular formula is C14H11Cl2N5. The van der Waals surface area contributed by atoms with Crippen molar-refractivity contribution in [1.29, 1.82) is 0 Å². The molecule has 0 amide bonds. The SMILES string of the molecule is Nc1cccc(Cl)c1-c1nnnn1Cc1ccc(Cl)cc1. The van der Waals surface area contributed by atoms with E-state index in [2.05, 4.69) is 15.5 Å². The number of rotatable bonds is 3. The number of halogens is 2. The molecule has 0 saturated heterocycles. The summed E-state index contributed by atoms with van der Waals surface area (Å²) in [5, 5.41) is 13.0. The number of nitrogen functional groups attached to an aromatic ring is 1. The molecule has 7 heteroatoms. The molecule has 0 spiro atoms. The molecule has 2 N–H and O–H groups in total. The van der Waals surface area contributed by atoms with Crippen molar-refractivity contribution in [3.05, 3.63) is 58.1 Å². The molecule has 1 heterocycles. The average molecular weight is 320 g/mol. The van der Waals surface area contributed by atoms with Crippen LogP contribution in [0.3, 0.4) is 0 Å². The van der Waals surface area contributed by atoms with Crippen molar-refractivity contribution in [2.24, 2.45) is 0 Å². The highest BCUT2D eigenvalue weighted by Gasteiger charge is 2.15. The summed E-state index contributed by atoms with van der Waals surface area (Å²) in [7, 11) is 0. The van der Waals surface area contributed by atoms with Gasteiger partial charge in [0.1, 0.15) is 0 Å². The minimum Gasteiger partial charge on any atom is -0.398 e. The topological polar surface area (TPSA) is 69.6 Å². The van der Waals surface area contributed by atoms with E-state index in [1.165, 1.54) is 0 Å². The smallest absolute Gasteiger partial charge is 0.185 e. The summed E-state index contributed by atoms with van der Waals surface area (Å²) in [6.07, 6.45) is 0. The van der Waals surface area contributed by atoms with E-state index in [0.29, 0.717) is 33.7 Å². The third-order valence-corrected chi connectivity index (χ3v) is 3.61. The largest absolute Gasteiger partial charge is 0.398 e. The lowest BCUT2D eigenvalue weighted by molar-refractivity contribution is 0.653. The van der Waals surface area contributed by atoms with Crippen molar-refractivity contribution in [1.82, 2.24) is 20.2 Å². The molecular weight excluding hydrogens is 309 g/mol. The number of nitrogens with zero attached hydrogens (tertiary/aromatic N) is 4. The summed E-state index contributed by atoms with van der Waals surface area (Å²) in [4.78, 5) is 0. The number of anilines is 1. The van der Waals surface area contributed by atoms with Crippen molar-refractivity contribution >= 4 is 28.9 Å². The summed E-state index contributed by atoms with van der Waals surface area (Å²) in [6.45, 7) is 0.504. The Labute approximate surface area is 131 Å². The Morgan fingerprint density at radius 3 is 2.52 bits per heavy atom. The Morgan fingerprint density at radius 2 is 1.81 bits per heavy atom. The molecule has 0 aliphatic carbocycles. The fourth-order valence-electron chi connectivity index (χ4n) is 2.03. The maximum atomic E-state index is 6.21. The van der Waals surface area contributed by atoms with Crippen LogP contribution >= 0.6 is 23.2 Å². The van der Waals surface area contributed by atoms with Crippen LogP contribution in [0.15, 0.2) is 42.5 Å². The van der Waals surface area contributed by atoms with Gasteiger partial charge in [0, 0.05) is 10.7 Å². The van der Waals surface area contributed by atoms with E-state index in [9.17, 15) is 0 Å². The lowest BCUT2D eigenvalue weighted by atomic mass is 10.1. The summed E-state index contributed by atoms with van der Waals surface area (Å²) in [6, 6.07) is 12.8. The van der Waals surface area contributed by atoms with E-state index in [-0.39, 0.29) is 0 Å². The van der Waals surface area contributed by atoms with Crippen LogP contribution in [-0.2, 0) is 6.54 Å². The first kappa shape index (κ1) is 13.9. The lowest BCUT2D eigenvalue weighted by Crippen LogP contribution is -2.05. The van der Waals surface area contributed by atoms with Gasteiger partial charge >= 0.3 is 0 Å². The molecule has 2 aromatic carbocycles. The van der Waals surface area contributed by atoms with Crippen LogP contribution in [0.5, 0.6) is 0 Å². The van der Waals surface area contributed by atoms with E-state index in [1.54, 1.807) is 22.9 Å². The number of aromatic nitrogens is 4. The van der Waals surface area contributed by atoms with Crippen molar-refractivity contribution in [2.45, 2.75) is 6.54 Å². The van der Waals surface area contributed by atoms with Gasteiger partial charge in [-0.25, -0.2) is 4.68 Å². The molecule has 1 aromatic heterocycles. The van der Waals surface area contributed by atoms with Crippen LogP contribution in [0.25, 0.3) is 11.4 Å². The number of hydrogen-bond donors (Lipinski definition) is 1. The monoisotopic (exact) mass is 319 g/mol. The van der Waals surface area contributed by atoms with E-state index in [0.717, 1.165) is 5.56 Å². The molecule has 3 aromatic rings. The Morgan fingerprint density at radius 1 is 1.05 bits per heavy atom. The van der Waals surface area contributed by atoms with E-state index >= 15 is 0 Å². The first-order valence-corrected chi connectivity index (χ1v) is 6.95. The lowest BCUT2D eigenvalue weighted by Gasteiger charge is -2.08. The molecule has 0 bridgehead atoms. The van der Waals surface area contributed by atoms with Crippen LogP contribution in [0, 0.1) is 0 Å². The summed E-state index contributed by atoms with van der Waals surface area (Å²) in [5.74, 6) is 0.535. The predicted molar refractivity (Wildman–Crippen MR) is 83.2 cm³/mol. The molecule has 3 rings (SSSR count). The van der Waals surface area contributed by atoms with Gasteiger partial charge in [-0.2, -0.15) is 0 Å².